The van der Waals surface area contributed by atoms with Gasteiger partial charge in [0.1, 0.15) is 10.8 Å². The number of hydrogen-bond donors (Lipinski definition) is 3. The van der Waals surface area contributed by atoms with Gasteiger partial charge >= 0.3 is 5.69 Å². The lowest BCUT2D eigenvalue weighted by Crippen LogP contribution is -2.54. The first-order chi connectivity index (χ1) is 19.9. The molecule has 3 N–H and O–H groups in total. The molecule has 5 rings (SSSR count). The Bertz CT molecular complexity index is 1860. The lowest BCUT2D eigenvalue weighted by atomic mass is 10.00. The van der Waals surface area contributed by atoms with E-state index in [9.17, 15) is 29.0 Å². The number of fused-ring (bicyclic) bond motifs is 2. The van der Waals surface area contributed by atoms with E-state index in [1.165, 1.54) is 48.9 Å². The molecule has 12 nitrogen and oxygen atoms in total. The molecule has 222 valence electrons. The summed E-state index contributed by atoms with van der Waals surface area (Å²) in [5.74, 6) is 5.15. The van der Waals surface area contributed by atoms with Crippen molar-refractivity contribution in [2.24, 2.45) is 7.05 Å². The normalized spacial score (nSPS) is 16.5. The van der Waals surface area contributed by atoms with E-state index in [1.54, 1.807) is 17.6 Å². The van der Waals surface area contributed by atoms with Gasteiger partial charge in [-0.1, -0.05) is 5.92 Å². The van der Waals surface area contributed by atoms with Crippen LogP contribution in [-0.2, 0) is 24.9 Å². The van der Waals surface area contributed by atoms with Gasteiger partial charge in [0.15, 0.2) is 17.3 Å². The largest absolute Gasteiger partial charge is 0.387 e. The molecular formula is C28H32FN7O5S. The number of thiazole rings is 1. The fourth-order valence-corrected chi connectivity index (χ4v) is 6.01. The Morgan fingerprint density at radius 1 is 1.29 bits per heavy atom. The van der Waals surface area contributed by atoms with Crippen LogP contribution in [0.25, 0.3) is 21.4 Å². The highest BCUT2D eigenvalue weighted by Crippen LogP contribution is 2.25. The molecule has 1 aliphatic rings. The van der Waals surface area contributed by atoms with E-state index < -0.39 is 34.7 Å². The van der Waals surface area contributed by atoms with E-state index in [2.05, 4.69) is 22.1 Å². The first-order valence-electron chi connectivity index (χ1n) is 13.5. The van der Waals surface area contributed by atoms with Crippen molar-refractivity contribution in [2.75, 3.05) is 18.0 Å². The zero-order valence-electron chi connectivity index (χ0n) is 23.7. The fourth-order valence-electron chi connectivity index (χ4n) is 5.08. The lowest BCUT2D eigenvalue weighted by molar-refractivity contribution is -0.142. The smallest absolute Gasteiger partial charge is 0.332 e. The number of rotatable bonds is 7. The van der Waals surface area contributed by atoms with Crippen LogP contribution < -0.4 is 21.5 Å². The Kier molecular flexibility index (Phi) is 7.93. The van der Waals surface area contributed by atoms with E-state index in [4.69, 9.17) is 4.98 Å². The average Bonchev–Trinajstić information content (AvgIpc) is 3.53. The minimum Gasteiger partial charge on any atom is -0.387 e. The molecular weight excluding hydrogens is 565 g/mol. The van der Waals surface area contributed by atoms with E-state index in [-0.39, 0.29) is 30.3 Å². The van der Waals surface area contributed by atoms with Crippen molar-refractivity contribution in [3.8, 4) is 11.8 Å². The number of imidazole rings is 1. The molecule has 4 heterocycles. The number of aromatic nitrogens is 5. The molecule has 42 heavy (non-hydrogen) atoms. The second-order valence-corrected chi connectivity index (χ2v) is 12.0. The summed E-state index contributed by atoms with van der Waals surface area (Å²) in [4.78, 5) is 50.8. The predicted octanol–water partition coefficient (Wildman–Crippen LogP) is 0.934. The van der Waals surface area contributed by atoms with Crippen LogP contribution in [0.5, 0.6) is 0 Å². The molecule has 0 radical (unpaired) electrons. The average molecular weight is 598 g/mol. The van der Waals surface area contributed by atoms with Crippen LogP contribution in [0.15, 0.2) is 27.8 Å². The van der Waals surface area contributed by atoms with Crippen LogP contribution >= 0.6 is 11.3 Å². The molecule has 2 atom stereocenters. The third-order valence-corrected chi connectivity index (χ3v) is 8.30. The van der Waals surface area contributed by atoms with E-state index in [0.717, 1.165) is 9.27 Å². The van der Waals surface area contributed by atoms with E-state index in [1.807, 2.05) is 4.90 Å². The predicted molar refractivity (Wildman–Crippen MR) is 157 cm³/mol. The highest BCUT2D eigenvalue weighted by molar-refractivity contribution is 7.18. The first kappa shape index (κ1) is 29.4. The fraction of sp³-hybridized carbons (Fsp3) is 0.464. The standard InChI is InChI=1S/C28H32FN7O5S/c1-5-6-12-35-21-23(32-26(35)34-11-7-8-17(14-34)30-24(38)22(37)28(2,3)41)33(4)27(40)36(25(21)39)15-20-31-18-13-16(29)9-10-19(18)42-20/h9-10,13,17,22,37,41H,7-8,11-12,14-15H2,1-4H3,(H,30,38)/t17-,22?/m1/s1. The Morgan fingerprint density at radius 2 is 2.05 bits per heavy atom. The highest BCUT2D eigenvalue weighted by Gasteiger charge is 2.34. The number of carbonyl (C=O) groups is 1. The summed E-state index contributed by atoms with van der Waals surface area (Å²) in [6, 6.07) is 3.91. The third kappa shape index (κ3) is 5.55. The number of benzene rings is 1. The van der Waals surface area contributed by atoms with Crippen molar-refractivity contribution in [1.29, 1.82) is 0 Å². The van der Waals surface area contributed by atoms with Crippen molar-refractivity contribution < 1.29 is 19.4 Å². The number of hydrogen-bond acceptors (Lipinski definition) is 9. The molecule has 1 fully saturated rings. The Morgan fingerprint density at radius 3 is 2.76 bits per heavy atom. The summed E-state index contributed by atoms with van der Waals surface area (Å²) in [5, 5.41) is 23.5. The highest BCUT2D eigenvalue weighted by atomic mass is 32.1. The van der Waals surface area contributed by atoms with Crippen molar-refractivity contribution >= 4 is 44.6 Å². The SMILES string of the molecule is CC#CCn1c(N2CCC[C@@H](NC(=O)C(O)C(C)(C)O)C2)nc2c1c(=O)n(Cc1nc3cc(F)ccc3s1)c(=O)n2C. The van der Waals surface area contributed by atoms with Crippen LogP contribution in [0.3, 0.4) is 0 Å². The van der Waals surface area contributed by atoms with Gasteiger partial charge in [-0.3, -0.25) is 23.3 Å². The van der Waals surface area contributed by atoms with Crippen LogP contribution in [0.1, 0.15) is 38.6 Å². The number of nitrogens with zero attached hydrogens (tertiary/aromatic N) is 6. The molecule has 4 aromatic rings. The van der Waals surface area contributed by atoms with E-state index >= 15 is 0 Å². The maximum atomic E-state index is 13.9. The van der Waals surface area contributed by atoms with Crippen LogP contribution in [0, 0.1) is 17.7 Å². The summed E-state index contributed by atoms with van der Waals surface area (Å²) in [6.45, 7) is 5.35. The summed E-state index contributed by atoms with van der Waals surface area (Å²) < 4.78 is 18.5. The molecule has 1 aliphatic heterocycles. The number of aliphatic hydroxyl groups excluding tert-OH is 1. The van der Waals surface area contributed by atoms with Gasteiger partial charge in [0.25, 0.3) is 11.5 Å². The molecule has 1 unspecified atom stereocenters. The molecule has 0 spiro atoms. The minimum atomic E-state index is -1.60. The molecule has 0 saturated carbocycles. The number of piperidine rings is 1. The number of carbonyl (C=O) groups excluding carboxylic acids is 1. The molecule has 1 saturated heterocycles. The van der Waals surface area contributed by atoms with Gasteiger partial charge in [-0.25, -0.2) is 14.2 Å². The number of aliphatic hydroxyl groups is 2. The minimum absolute atomic E-state index is 0.0935. The molecule has 3 aromatic heterocycles. The van der Waals surface area contributed by atoms with Crippen LogP contribution in [-0.4, -0.2) is 70.6 Å². The van der Waals surface area contributed by atoms with Crippen molar-refractivity contribution in [2.45, 2.75) is 64.4 Å². The van der Waals surface area contributed by atoms with Gasteiger partial charge in [-0.2, -0.15) is 4.98 Å². The summed E-state index contributed by atoms with van der Waals surface area (Å²) >= 11 is 1.28. The molecule has 1 aromatic carbocycles. The maximum Gasteiger partial charge on any atom is 0.332 e. The number of nitrogens with one attached hydrogen (secondary N) is 1. The van der Waals surface area contributed by atoms with Crippen LogP contribution in [0.4, 0.5) is 10.3 Å². The molecule has 14 heteroatoms. The first-order valence-corrected chi connectivity index (χ1v) is 14.3. The summed E-state index contributed by atoms with van der Waals surface area (Å²) in [6.07, 6.45) is -0.263. The molecule has 1 amide bonds. The number of halogens is 1. The summed E-state index contributed by atoms with van der Waals surface area (Å²) in [7, 11) is 1.54. The maximum absolute atomic E-state index is 13.9. The second kappa shape index (κ2) is 11.3. The molecule has 0 bridgehead atoms. The van der Waals surface area contributed by atoms with Crippen molar-refractivity contribution in [3.05, 3.63) is 49.9 Å². The Labute approximate surface area is 244 Å². The molecule has 0 aliphatic carbocycles. The van der Waals surface area contributed by atoms with E-state index in [0.29, 0.717) is 42.4 Å². The lowest BCUT2D eigenvalue weighted by Gasteiger charge is -2.35. The quantitative estimate of drug-likeness (QED) is 0.267. The number of anilines is 1. The monoisotopic (exact) mass is 597 g/mol. The van der Waals surface area contributed by atoms with Crippen LogP contribution in [0.2, 0.25) is 0 Å². The summed E-state index contributed by atoms with van der Waals surface area (Å²) in [5.41, 5.74) is -1.87. The van der Waals surface area contributed by atoms with Crippen molar-refractivity contribution in [1.82, 2.24) is 29.0 Å². The zero-order chi connectivity index (χ0) is 30.3. The topological polar surface area (TPSA) is 148 Å². The van der Waals surface area contributed by atoms with Gasteiger partial charge in [-0.05, 0) is 45.7 Å². The Hall–Kier alpha value is -4.06. The van der Waals surface area contributed by atoms with Gasteiger partial charge < -0.3 is 20.4 Å². The van der Waals surface area contributed by atoms with Crippen molar-refractivity contribution in [3.63, 3.8) is 0 Å². The number of amides is 1. The van der Waals surface area contributed by atoms with Gasteiger partial charge in [0.2, 0.25) is 5.95 Å². The zero-order valence-corrected chi connectivity index (χ0v) is 24.5. The number of aryl methyl sites for hydroxylation is 1. The Balaban J connectivity index is 1.53. The third-order valence-electron chi connectivity index (χ3n) is 7.28. The second-order valence-electron chi connectivity index (χ2n) is 10.9. The van der Waals surface area contributed by atoms with Gasteiger partial charge in [0.05, 0.1) is 28.9 Å². The van der Waals surface area contributed by atoms with Gasteiger partial charge in [-0.15, -0.1) is 17.3 Å². The van der Waals surface area contributed by atoms with Gasteiger partial charge in [0, 0.05) is 32.2 Å².